The number of aryl methyl sites for hydroxylation is 2. The summed E-state index contributed by atoms with van der Waals surface area (Å²) < 4.78 is 1.67. The van der Waals surface area contributed by atoms with E-state index in [4.69, 9.17) is 0 Å². The molecular formula is C9H11N3OS. The Labute approximate surface area is 85.8 Å². The lowest BCUT2D eigenvalue weighted by Crippen LogP contribution is -2.04. The van der Waals surface area contributed by atoms with Gasteiger partial charge in [0.1, 0.15) is 6.10 Å². The van der Waals surface area contributed by atoms with Crippen LogP contribution in [0.4, 0.5) is 0 Å². The van der Waals surface area contributed by atoms with Crippen LogP contribution < -0.4 is 0 Å². The average molecular weight is 209 g/mol. The molecule has 0 radical (unpaired) electrons. The van der Waals surface area contributed by atoms with Gasteiger partial charge in [-0.2, -0.15) is 5.10 Å². The Hall–Kier alpha value is -1.20. The zero-order valence-electron chi connectivity index (χ0n) is 8.01. The van der Waals surface area contributed by atoms with Gasteiger partial charge in [-0.3, -0.25) is 4.68 Å². The number of hydrogen-bond acceptors (Lipinski definition) is 4. The highest BCUT2D eigenvalue weighted by molar-refractivity contribution is 7.11. The monoisotopic (exact) mass is 209 g/mol. The summed E-state index contributed by atoms with van der Waals surface area (Å²) in [6.45, 7) is 1.92. The Kier molecular flexibility index (Phi) is 2.35. The predicted octanol–water partition coefficient (Wildman–Crippen LogP) is 1.27. The molecule has 1 atom stereocenters. The van der Waals surface area contributed by atoms with Gasteiger partial charge in [-0.05, 0) is 13.0 Å². The molecular weight excluding hydrogens is 198 g/mol. The summed E-state index contributed by atoms with van der Waals surface area (Å²) in [6.07, 6.45) is 2.76. The van der Waals surface area contributed by atoms with Gasteiger partial charge in [0.15, 0.2) is 0 Å². The summed E-state index contributed by atoms with van der Waals surface area (Å²) in [6, 6.07) is 1.81. The van der Waals surface area contributed by atoms with Gasteiger partial charge in [-0.1, -0.05) is 0 Å². The maximum Gasteiger partial charge on any atom is 0.131 e. The van der Waals surface area contributed by atoms with Crippen LogP contribution in [0.15, 0.2) is 18.5 Å². The van der Waals surface area contributed by atoms with Gasteiger partial charge in [0.05, 0.1) is 15.6 Å². The molecule has 0 spiro atoms. The molecule has 0 aromatic carbocycles. The summed E-state index contributed by atoms with van der Waals surface area (Å²) in [7, 11) is 1.81. The molecule has 0 amide bonds. The number of rotatable bonds is 2. The van der Waals surface area contributed by atoms with E-state index in [1.54, 1.807) is 23.1 Å². The Morgan fingerprint density at radius 3 is 2.86 bits per heavy atom. The average Bonchev–Trinajstić information content (AvgIpc) is 2.73. The van der Waals surface area contributed by atoms with E-state index in [1.165, 1.54) is 11.3 Å². The summed E-state index contributed by atoms with van der Waals surface area (Å²) >= 11 is 1.50. The zero-order chi connectivity index (χ0) is 10.1. The molecule has 2 aromatic rings. The molecule has 0 bridgehead atoms. The van der Waals surface area contributed by atoms with Crippen molar-refractivity contribution in [1.82, 2.24) is 14.8 Å². The number of hydrogen-bond donors (Lipinski definition) is 1. The maximum atomic E-state index is 9.98. The number of aliphatic hydroxyl groups excluding tert-OH is 1. The molecule has 14 heavy (non-hydrogen) atoms. The van der Waals surface area contributed by atoms with E-state index in [-0.39, 0.29) is 0 Å². The van der Waals surface area contributed by atoms with E-state index < -0.39 is 6.10 Å². The highest BCUT2D eigenvalue weighted by Gasteiger charge is 2.15. The number of aliphatic hydroxyl groups is 1. The quantitative estimate of drug-likeness (QED) is 0.810. The van der Waals surface area contributed by atoms with Gasteiger partial charge in [-0.15, -0.1) is 11.3 Å². The fourth-order valence-corrected chi connectivity index (χ4v) is 2.09. The van der Waals surface area contributed by atoms with Crippen molar-refractivity contribution in [3.63, 3.8) is 0 Å². The largest absolute Gasteiger partial charge is 0.381 e. The van der Waals surface area contributed by atoms with Crippen molar-refractivity contribution in [2.45, 2.75) is 13.0 Å². The maximum absolute atomic E-state index is 9.98. The molecule has 0 aliphatic rings. The first kappa shape index (κ1) is 9.36. The third-order valence-electron chi connectivity index (χ3n) is 2.05. The van der Waals surface area contributed by atoms with E-state index in [1.807, 2.05) is 14.0 Å². The third-order valence-corrected chi connectivity index (χ3v) is 3.01. The van der Waals surface area contributed by atoms with Gasteiger partial charge in [0.2, 0.25) is 0 Å². The van der Waals surface area contributed by atoms with Gasteiger partial charge in [-0.25, -0.2) is 4.98 Å². The van der Waals surface area contributed by atoms with Gasteiger partial charge < -0.3 is 5.11 Å². The predicted molar refractivity (Wildman–Crippen MR) is 54.1 cm³/mol. The highest BCUT2D eigenvalue weighted by Crippen LogP contribution is 2.25. The van der Waals surface area contributed by atoms with Crippen molar-refractivity contribution in [1.29, 1.82) is 0 Å². The van der Waals surface area contributed by atoms with Crippen LogP contribution in [0.2, 0.25) is 0 Å². The molecule has 2 heterocycles. The second-order valence-electron chi connectivity index (χ2n) is 3.06. The lowest BCUT2D eigenvalue weighted by atomic mass is 10.2. The smallest absolute Gasteiger partial charge is 0.131 e. The molecule has 4 nitrogen and oxygen atoms in total. The van der Waals surface area contributed by atoms with Gasteiger partial charge in [0.25, 0.3) is 0 Å². The molecule has 1 unspecified atom stereocenters. The minimum Gasteiger partial charge on any atom is -0.381 e. The molecule has 0 fully saturated rings. The number of nitrogens with zero attached hydrogens (tertiary/aromatic N) is 3. The summed E-state index contributed by atoms with van der Waals surface area (Å²) in [5.74, 6) is 0. The molecule has 0 aliphatic carbocycles. The Balaban J connectivity index is 2.33. The van der Waals surface area contributed by atoms with E-state index in [2.05, 4.69) is 10.1 Å². The zero-order valence-corrected chi connectivity index (χ0v) is 8.82. The minimum absolute atomic E-state index is 0.617. The summed E-state index contributed by atoms with van der Waals surface area (Å²) in [5, 5.41) is 15.0. The van der Waals surface area contributed by atoms with Gasteiger partial charge in [0, 0.05) is 19.4 Å². The lowest BCUT2D eigenvalue weighted by Gasteiger charge is -2.07. The van der Waals surface area contributed by atoms with Crippen LogP contribution >= 0.6 is 11.3 Å². The fraction of sp³-hybridized carbons (Fsp3) is 0.333. The number of thiazole rings is 1. The van der Waals surface area contributed by atoms with Crippen LogP contribution in [0.3, 0.4) is 0 Å². The molecule has 5 heteroatoms. The van der Waals surface area contributed by atoms with E-state index >= 15 is 0 Å². The second-order valence-corrected chi connectivity index (χ2v) is 4.33. The summed E-state index contributed by atoms with van der Waals surface area (Å²) in [4.78, 5) is 4.96. The molecule has 74 valence electrons. The van der Waals surface area contributed by atoms with Crippen molar-refractivity contribution in [3.05, 3.63) is 34.0 Å². The van der Waals surface area contributed by atoms with Crippen LogP contribution in [0.25, 0.3) is 0 Å². The Bertz CT molecular complexity index is 435. The Morgan fingerprint density at radius 2 is 2.36 bits per heavy atom. The molecule has 0 saturated heterocycles. The topological polar surface area (TPSA) is 50.9 Å². The number of aromatic nitrogens is 3. The van der Waals surface area contributed by atoms with Crippen LogP contribution in [-0.2, 0) is 7.05 Å². The van der Waals surface area contributed by atoms with Crippen LogP contribution in [0, 0.1) is 6.92 Å². The standard InChI is InChI=1S/C9H11N3OS/c1-6-10-5-8(14-6)9(13)7-3-4-11-12(7)2/h3-5,9,13H,1-2H3. The van der Waals surface area contributed by atoms with E-state index in [0.717, 1.165) is 15.6 Å². The molecule has 0 saturated carbocycles. The lowest BCUT2D eigenvalue weighted by molar-refractivity contribution is 0.213. The first-order valence-electron chi connectivity index (χ1n) is 4.27. The van der Waals surface area contributed by atoms with Crippen LogP contribution in [-0.4, -0.2) is 19.9 Å². The molecule has 2 rings (SSSR count). The third kappa shape index (κ3) is 1.56. The van der Waals surface area contributed by atoms with Crippen molar-refractivity contribution >= 4 is 11.3 Å². The van der Waals surface area contributed by atoms with Crippen molar-refractivity contribution in [3.8, 4) is 0 Å². The summed E-state index contributed by atoms with van der Waals surface area (Å²) in [5.41, 5.74) is 0.786. The van der Waals surface area contributed by atoms with Gasteiger partial charge >= 0.3 is 0 Å². The normalized spacial score (nSPS) is 13.1. The highest BCUT2D eigenvalue weighted by atomic mass is 32.1. The minimum atomic E-state index is -0.617. The molecule has 2 aromatic heterocycles. The van der Waals surface area contributed by atoms with E-state index in [9.17, 15) is 5.11 Å². The fourth-order valence-electron chi connectivity index (χ4n) is 1.30. The van der Waals surface area contributed by atoms with Crippen molar-refractivity contribution in [2.24, 2.45) is 7.05 Å². The van der Waals surface area contributed by atoms with Crippen LogP contribution in [0.1, 0.15) is 21.7 Å². The first-order valence-corrected chi connectivity index (χ1v) is 5.08. The Morgan fingerprint density at radius 1 is 1.57 bits per heavy atom. The van der Waals surface area contributed by atoms with Crippen LogP contribution in [0.5, 0.6) is 0 Å². The molecule has 0 aliphatic heterocycles. The van der Waals surface area contributed by atoms with Crippen molar-refractivity contribution in [2.75, 3.05) is 0 Å². The second kappa shape index (κ2) is 3.51. The first-order chi connectivity index (χ1) is 6.68. The molecule has 1 N–H and O–H groups in total. The van der Waals surface area contributed by atoms with Crippen molar-refractivity contribution < 1.29 is 5.11 Å². The SMILES string of the molecule is Cc1ncc(C(O)c2ccnn2C)s1. The van der Waals surface area contributed by atoms with E-state index in [0.29, 0.717) is 0 Å².